The number of nitrogens with one attached hydrogen (secondary N) is 1. The lowest BCUT2D eigenvalue weighted by molar-refractivity contribution is -0.596. The fourth-order valence-corrected chi connectivity index (χ4v) is 1.10. The average molecular weight is 276 g/mol. The predicted octanol–water partition coefficient (Wildman–Crippen LogP) is 0.729. The van der Waals surface area contributed by atoms with Crippen LogP contribution in [0.1, 0.15) is 0 Å². The van der Waals surface area contributed by atoms with Gasteiger partial charge in [-0.3, -0.25) is 0 Å². The summed E-state index contributed by atoms with van der Waals surface area (Å²) in [7, 11) is 0. The molecule has 102 valence electrons. The van der Waals surface area contributed by atoms with Gasteiger partial charge >= 0.3 is 6.18 Å². The molecule has 0 aliphatic heterocycles. The van der Waals surface area contributed by atoms with E-state index in [1.165, 1.54) is 6.07 Å². The quantitative estimate of drug-likeness (QED) is 0.616. The lowest BCUT2D eigenvalue weighted by atomic mass is 10.3. The Balaban J connectivity index is 0.000000224. The van der Waals surface area contributed by atoms with E-state index in [9.17, 15) is 17.6 Å². The SMILES string of the molecule is Fc1ccccc1-[n+]1cc[nH]c1.O=C([O-])C(F)(F)F. The van der Waals surface area contributed by atoms with Crippen molar-refractivity contribution < 1.29 is 32.0 Å². The molecule has 2 aromatic rings. The summed E-state index contributed by atoms with van der Waals surface area (Å²) in [6.07, 6.45) is 0.00324. The van der Waals surface area contributed by atoms with Crippen LogP contribution in [-0.2, 0) is 4.79 Å². The van der Waals surface area contributed by atoms with Crippen LogP contribution in [0, 0.1) is 5.82 Å². The Hall–Kier alpha value is -2.38. The second-order valence-electron chi connectivity index (χ2n) is 3.26. The summed E-state index contributed by atoms with van der Waals surface area (Å²) in [5, 5.41) is 8.78. The van der Waals surface area contributed by atoms with Crippen LogP contribution in [0.2, 0.25) is 0 Å². The van der Waals surface area contributed by atoms with E-state index in [-0.39, 0.29) is 5.82 Å². The molecule has 0 amide bonds. The van der Waals surface area contributed by atoms with Crippen LogP contribution in [-0.4, -0.2) is 17.1 Å². The molecule has 0 aliphatic rings. The molecule has 1 aromatic carbocycles. The summed E-state index contributed by atoms with van der Waals surface area (Å²) < 4.78 is 46.4. The minimum atomic E-state index is -5.19. The molecule has 0 radical (unpaired) electrons. The molecule has 19 heavy (non-hydrogen) atoms. The van der Waals surface area contributed by atoms with Crippen molar-refractivity contribution in [2.45, 2.75) is 6.18 Å². The zero-order chi connectivity index (χ0) is 14.5. The van der Waals surface area contributed by atoms with Gasteiger partial charge in [0.25, 0.3) is 0 Å². The van der Waals surface area contributed by atoms with E-state index in [0.717, 1.165) is 0 Å². The van der Waals surface area contributed by atoms with E-state index >= 15 is 0 Å². The third-order valence-corrected chi connectivity index (χ3v) is 1.91. The van der Waals surface area contributed by atoms with Crippen LogP contribution < -0.4 is 9.67 Å². The number of aromatic nitrogens is 2. The first-order valence-corrected chi connectivity index (χ1v) is 4.89. The highest BCUT2D eigenvalue weighted by atomic mass is 19.4. The van der Waals surface area contributed by atoms with Crippen molar-refractivity contribution in [2.75, 3.05) is 0 Å². The third kappa shape index (κ3) is 4.41. The Morgan fingerprint density at radius 3 is 2.26 bits per heavy atom. The lowest BCUT2D eigenvalue weighted by Gasteiger charge is -2.03. The van der Waals surface area contributed by atoms with Gasteiger partial charge in [0, 0.05) is 0 Å². The van der Waals surface area contributed by atoms with E-state index in [1.807, 2.05) is 0 Å². The third-order valence-electron chi connectivity index (χ3n) is 1.91. The number of carbonyl (C=O) groups is 1. The normalized spacial score (nSPS) is 10.5. The molecular formula is C11H8F4N2O2. The summed E-state index contributed by atoms with van der Waals surface area (Å²) in [4.78, 5) is 11.6. The molecule has 0 bridgehead atoms. The topological polar surface area (TPSA) is 59.8 Å². The molecule has 0 atom stereocenters. The number of para-hydroxylation sites is 1. The monoisotopic (exact) mass is 276 g/mol. The van der Waals surface area contributed by atoms with Gasteiger partial charge in [-0.15, -0.1) is 0 Å². The van der Waals surface area contributed by atoms with Crippen LogP contribution >= 0.6 is 0 Å². The van der Waals surface area contributed by atoms with E-state index in [2.05, 4.69) is 4.98 Å². The highest BCUT2D eigenvalue weighted by Crippen LogP contribution is 2.11. The van der Waals surface area contributed by atoms with Crippen molar-refractivity contribution in [3.05, 3.63) is 48.8 Å². The molecule has 0 spiro atoms. The maximum atomic E-state index is 13.1. The minimum Gasteiger partial charge on any atom is -0.542 e. The number of carbonyl (C=O) groups excluding carboxylic acids is 1. The molecule has 1 aromatic heterocycles. The van der Waals surface area contributed by atoms with E-state index in [1.54, 1.807) is 41.5 Å². The summed E-state index contributed by atoms with van der Waals surface area (Å²) in [5.41, 5.74) is 0.554. The van der Waals surface area contributed by atoms with Crippen LogP contribution in [0.4, 0.5) is 17.6 Å². The smallest absolute Gasteiger partial charge is 0.430 e. The van der Waals surface area contributed by atoms with Crippen molar-refractivity contribution in [2.24, 2.45) is 0 Å². The Labute approximate surface area is 104 Å². The number of alkyl halides is 3. The molecule has 1 N–H and O–H groups in total. The Bertz CT molecular complexity index is 538. The van der Waals surface area contributed by atoms with Gasteiger partial charge < -0.3 is 9.90 Å². The van der Waals surface area contributed by atoms with Crippen molar-refractivity contribution in [1.29, 1.82) is 0 Å². The lowest BCUT2D eigenvalue weighted by Crippen LogP contribution is -2.37. The van der Waals surface area contributed by atoms with Crippen LogP contribution in [0.3, 0.4) is 0 Å². The summed E-state index contributed by atoms with van der Waals surface area (Å²) >= 11 is 0. The van der Waals surface area contributed by atoms with Gasteiger partial charge in [-0.05, 0) is 12.1 Å². The number of benzene rings is 1. The zero-order valence-electron chi connectivity index (χ0n) is 9.32. The molecule has 0 unspecified atom stereocenters. The van der Waals surface area contributed by atoms with Gasteiger partial charge in [0.15, 0.2) is 11.5 Å². The van der Waals surface area contributed by atoms with Crippen LogP contribution in [0.25, 0.3) is 5.69 Å². The Kier molecular flexibility index (Phi) is 4.62. The Morgan fingerprint density at radius 2 is 1.84 bits per heavy atom. The number of aliphatic carboxylic acids is 1. The van der Waals surface area contributed by atoms with Gasteiger partial charge in [0.05, 0.1) is 0 Å². The number of rotatable bonds is 1. The molecular weight excluding hydrogens is 268 g/mol. The molecule has 1 heterocycles. The summed E-state index contributed by atoms with van der Waals surface area (Å²) in [6.45, 7) is 0. The van der Waals surface area contributed by atoms with Gasteiger partial charge in [-0.25, -0.2) is 9.37 Å². The molecule has 8 heteroatoms. The van der Waals surface area contributed by atoms with Gasteiger partial charge in [0.1, 0.15) is 18.4 Å². The number of carboxylic acids is 1. The maximum Gasteiger partial charge on any atom is 0.430 e. The van der Waals surface area contributed by atoms with Gasteiger partial charge in [-0.1, -0.05) is 12.1 Å². The molecule has 0 aliphatic carbocycles. The van der Waals surface area contributed by atoms with E-state index in [4.69, 9.17) is 9.90 Å². The first-order valence-electron chi connectivity index (χ1n) is 4.89. The van der Waals surface area contributed by atoms with Gasteiger partial charge in [0.2, 0.25) is 6.33 Å². The van der Waals surface area contributed by atoms with Crippen LogP contribution in [0.15, 0.2) is 43.0 Å². The fourth-order valence-electron chi connectivity index (χ4n) is 1.10. The second kappa shape index (κ2) is 5.98. The first-order chi connectivity index (χ1) is 8.82. The number of hydrogen-bond acceptors (Lipinski definition) is 2. The fraction of sp³-hybridized carbons (Fsp3) is 0.0909. The van der Waals surface area contributed by atoms with Crippen molar-refractivity contribution in [3.8, 4) is 5.69 Å². The molecule has 4 nitrogen and oxygen atoms in total. The van der Waals surface area contributed by atoms with Crippen molar-refractivity contribution in [3.63, 3.8) is 0 Å². The van der Waals surface area contributed by atoms with Gasteiger partial charge in [-0.2, -0.15) is 17.7 Å². The number of H-pyrrole nitrogens is 1. The predicted molar refractivity (Wildman–Crippen MR) is 53.3 cm³/mol. The summed E-state index contributed by atoms with van der Waals surface area (Å²) in [5.74, 6) is -3.23. The van der Waals surface area contributed by atoms with Crippen molar-refractivity contribution in [1.82, 2.24) is 4.98 Å². The number of imidazole rings is 1. The number of aromatic amines is 1. The first kappa shape index (κ1) is 14.7. The number of hydrogen-bond donors (Lipinski definition) is 1. The molecule has 0 saturated carbocycles. The van der Waals surface area contributed by atoms with E-state index in [0.29, 0.717) is 5.69 Å². The Morgan fingerprint density at radius 1 is 1.26 bits per heavy atom. The van der Waals surface area contributed by atoms with Crippen molar-refractivity contribution >= 4 is 5.97 Å². The largest absolute Gasteiger partial charge is 0.542 e. The maximum absolute atomic E-state index is 13.1. The number of nitrogens with zero attached hydrogens (tertiary/aromatic N) is 1. The zero-order valence-corrected chi connectivity index (χ0v) is 9.32. The highest BCUT2D eigenvalue weighted by molar-refractivity contribution is 5.70. The number of halogens is 4. The second-order valence-corrected chi connectivity index (χ2v) is 3.26. The number of carboxylic acid groups (broad SMARTS) is 1. The summed E-state index contributed by atoms with van der Waals surface area (Å²) in [6, 6.07) is 6.64. The highest BCUT2D eigenvalue weighted by Gasteiger charge is 2.28. The molecule has 0 saturated heterocycles. The molecule has 0 fully saturated rings. The molecule has 2 rings (SSSR count). The van der Waals surface area contributed by atoms with Crippen LogP contribution in [0.5, 0.6) is 0 Å². The average Bonchev–Trinajstić information content (AvgIpc) is 2.82. The minimum absolute atomic E-state index is 0.220. The van der Waals surface area contributed by atoms with E-state index < -0.39 is 12.1 Å². The standard InChI is InChI=1S/C9H7FN2.C2HF3O2/c10-8-3-1-2-4-9(8)12-6-5-11-7-12;3-2(4,5)1(6)7/h1-7H;(H,6,7).